The third kappa shape index (κ3) is 4.09. The van der Waals surface area contributed by atoms with Crippen molar-refractivity contribution in [2.75, 3.05) is 6.54 Å². The van der Waals surface area contributed by atoms with E-state index in [4.69, 9.17) is 4.42 Å². The number of benzene rings is 1. The second-order valence-corrected chi connectivity index (χ2v) is 5.48. The minimum absolute atomic E-state index is 0.0465. The molecule has 2 aromatic rings. The van der Waals surface area contributed by atoms with Crippen LogP contribution in [0.15, 0.2) is 65.8 Å². The van der Waals surface area contributed by atoms with Crippen LogP contribution in [0.1, 0.15) is 30.6 Å². The molecule has 4 heteroatoms. The normalized spacial score (nSPS) is 14.8. The highest BCUT2D eigenvalue weighted by Crippen LogP contribution is 2.22. The van der Waals surface area contributed by atoms with E-state index >= 15 is 0 Å². The minimum atomic E-state index is -1.23. The molecule has 0 aliphatic carbocycles. The third-order valence-electron chi connectivity index (χ3n) is 3.60. The smallest absolute Gasteiger partial charge is 0.221 e. The lowest BCUT2D eigenvalue weighted by molar-refractivity contribution is -0.122. The van der Waals surface area contributed by atoms with Crippen molar-refractivity contribution in [3.8, 4) is 0 Å². The Morgan fingerprint density at radius 3 is 2.68 bits per heavy atom. The number of rotatable bonds is 7. The first kappa shape index (κ1) is 16.0. The summed E-state index contributed by atoms with van der Waals surface area (Å²) in [5.74, 6) is 0.242. The molecular formula is C18H21NO3. The summed E-state index contributed by atoms with van der Waals surface area (Å²) in [6, 6.07) is 13.1. The van der Waals surface area contributed by atoms with Gasteiger partial charge in [0.15, 0.2) is 0 Å². The minimum Gasteiger partial charge on any atom is -0.466 e. The number of furan rings is 1. The summed E-state index contributed by atoms with van der Waals surface area (Å²) in [4.78, 5) is 12.1. The first-order valence-corrected chi connectivity index (χ1v) is 7.23. The monoisotopic (exact) mass is 299 g/mol. The van der Waals surface area contributed by atoms with Crippen molar-refractivity contribution >= 4 is 5.91 Å². The lowest BCUT2D eigenvalue weighted by Gasteiger charge is -2.22. The molecule has 0 bridgehead atoms. The highest BCUT2D eigenvalue weighted by molar-refractivity contribution is 5.77. The van der Waals surface area contributed by atoms with E-state index in [9.17, 15) is 9.90 Å². The summed E-state index contributed by atoms with van der Waals surface area (Å²) in [5.41, 5.74) is -0.180. The maximum atomic E-state index is 12.1. The molecule has 0 saturated carbocycles. The molecule has 0 fully saturated rings. The largest absolute Gasteiger partial charge is 0.466 e. The second-order valence-electron chi connectivity index (χ2n) is 5.48. The van der Waals surface area contributed by atoms with Crippen LogP contribution in [0.2, 0.25) is 0 Å². The van der Waals surface area contributed by atoms with E-state index in [1.807, 2.05) is 30.3 Å². The maximum absolute atomic E-state index is 12.1. The van der Waals surface area contributed by atoms with Crippen molar-refractivity contribution in [1.29, 1.82) is 0 Å². The van der Waals surface area contributed by atoms with E-state index in [1.54, 1.807) is 25.1 Å². The predicted octanol–water partition coefficient (Wildman–Crippen LogP) is 2.96. The van der Waals surface area contributed by atoms with Gasteiger partial charge in [-0.15, -0.1) is 6.58 Å². The van der Waals surface area contributed by atoms with Gasteiger partial charge in [-0.05, 0) is 24.6 Å². The Morgan fingerprint density at radius 2 is 2.09 bits per heavy atom. The fourth-order valence-corrected chi connectivity index (χ4v) is 2.25. The molecule has 4 nitrogen and oxygen atoms in total. The zero-order chi connectivity index (χ0) is 16.0. The molecule has 2 rings (SSSR count). The lowest BCUT2D eigenvalue weighted by Crippen LogP contribution is -2.38. The highest BCUT2D eigenvalue weighted by Gasteiger charge is 2.27. The number of carbonyl (C=O) groups excluding carboxylic acids is 1. The van der Waals surface area contributed by atoms with Crippen molar-refractivity contribution in [3.05, 3.63) is 72.7 Å². The summed E-state index contributed by atoms with van der Waals surface area (Å²) in [7, 11) is 0. The Hall–Kier alpha value is -2.33. The van der Waals surface area contributed by atoms with Crippen LogP contribution in [0.5, 0.6) is 0 Å². The van der Waals surface area contributed by atoms with Crippen LogP contribution in [0.25, 0.3) is 0 Å². The molecule has 0 aliphatic heterocycles. The van der Waals surface area contributed by atoms with Gasteiger partial charge in [-0.25, -0.2) is 0 Å². The Balaban J connectivity index is 1.91. The molecule has 22 heavy (non-hydrogen) atoms. The molecule has 2 unspecified atom stereocenters. The van der Waals surface area contributed by atoms with Gasteiger partial charge >= 0.3 is 0 Å². The van der Waals surface area contributed by atoms with Crippen molar-refractivity contribution in [2.24, 2.45) is 0 Å². The number of carbonyl (C=O) groups is 1. The van der Waals surface area contributed by atoms with Crippen LogP contribution >= 0.6 is 0 Å². The molecule has 0 saturated heterocycles. The SMILES string of the molecule is C=CC(CC(=O)NCC(C)(O)c1ccco1)c1ccccc1. The molecule has 1 aromatic carbocycles. The molecule has 1 aromatic heterocycles. The average molecular weight is 299 g/mol. The topological polar surface area (TPSA) is 62.5 Å². The van der Waals surface area contributed by atoms with Crippen LogP contribution in [-0.4, -0.2) is 17.6 Å². The number of aliphatic hydroxyl groups is 1. The molecule has 0 radical (unpaired) electrons. The molecular weight excluding hydrogens is 278 g/mol. The molecule has 1 heterocycles. The molecule has 116 valence electrons. The lowest BCUT2D eigenvalue weighted by atomic mass is 9.95. The molecule has 0 spiro atoms. The number of amides is 1. The first-order chi connectivity index (χ1) is 10.5. The van der Waals surface area contributed by atoms with Gasteiger partial charge in [-0.3, -0.25) is 4.79 Å². The zero-order valence-corrected chi connectivity index (χ0v) is 12.7. The molecule has 2 N–H and O–H groups in total. The van der Waals surface area contributed by atoms with Gasteiger partial charge in [0.1, 0.15) is 11.4 Å². The number of nitrogens with one attached hydrogen (secondary N) is 1. The van der Waals surface area contributed by atoms with Crippen LogP contribution < -0.4 is 5.32 Å². The average Bonchev–Trinajstić information content (AvgIpc) is 3.07. The van der Waals surface area contributed by atoms with Crippen LogP contribution in [0.3, 0.4) is 0 Å². The van der Waals surface area contributed by atoms with Gasteiger partial charge in [0.05, 0.1) is 12.8 Å². The first-order valence-electron chi connectivity index (χ1n) is 7.23. The Morgan fingerprint density at radius 1 is 1.36 bits per heavy atom. The van der Waals surface area contributed by atoms with Crippen LogP contribution in [-0.2, 0) is 10.4 Å². The summed E-state index contributed by atoms with van der Waals surface area (Å²) in [6.07, 6.45) is 3.55. The van der Waals surface area contributed by atoms with Crippen molar-refractivity contribution in [1.82, 2.24) is 5.32 Å². The zero-order valence-electron chi connectivity index (χ0n) is 12.7. The fraction of sp³-hybridized carbons (Fsp3) is 0.278. The van der Waals surface area contributed by atoms with Crippen LogP contribution in [0.4, 0.5) is 0 Å². The van der Waals surface area contributed by atoms with E-state index in [2.05, 4.69) is 11.9 Å². The van der Waals surface area contributed by atoms with Gasteiger partial charge < -0.3 is 14.8 Å². The van der Waals surface area contributed by atoms with E-state index < -0.39 is 5.60 Å². The van der Waals surface area contributed by atoms with E-state index in [0.29, 0.717) is 12.2 Å². The number of hydrogen-bond acceptors (Lipinski definition) is 3. The van der Waals surface area contributed by atoms with Gasteiger partial charge in [0.25, 0.3) is 0 Å². The van der Waals surface area contributed by atoms with Crippen molar-refractivity contribution in [2.45, 2.75) is 24.9 Å². The van der Waals surface area contributed by atoms with E-state index in [1.165, 1.54) is 6.26 Å². The Bertz CT molecular complexity index is 603. The number of allylic oxidation sites excluding steroid dienone is 1. The maximum Gasteiger partial charge on any atom is 0.221 e. The van der Waals surface area contributed by atoms with E-state index in [-0.39, 0.29) is 18.4 Å². The van der Waals surface area contributed by atoms with Gasteiger partial charge in [-0.1, -0.05) is 36.4 Å². The van der Waals surface area contributed by atoms with Crippen molar-refractivity contribution < 1.29 is 14.3 Å². The molecule has 0 aliphatic rings. The predicted molar refractivity (Wildman–Crippen MR) is 85.3 cm³/mol. The summed E-state index contributed by atoms with van der Waals surface area (Å²) in [5, 5.41) is 13.1. The quantitative estimate of drug-likeness (QED) is 0.773. The van der Waals surface area contributed by atoms with Crippen molar-refractivity contribution in [3.63, 3.8) is 0 Å². The second kappa shape index (κ2) is 7.09. The number of hydrogen-bond donors (Lipinski definition) is 2. The summed E-state index contributed by atoms with van der Waals surface area (Å²) < 4.78 is 5.18. The fourth-order valence-electron chi connectivity index (χ4n) is 2.25. The van der Waals surface area contributed by atoms with Gasteiger partial charge in [0, 0.05) is 12.3 Å². The van der Waals surface area contributed by atoms with Crippen LogP contribution in [0, 0.1) is 0 Å². The third-order valence-corrected chi connectivity index (χ3v) is 3.60. The van der Waals surface area contributed by atoms with Gasteiger partial charge in [0.2, 0.25) is 5.91 Å². The summed E-state index contributed by atoms with van der Waals surface area (Å²) in [6.45, 7) is 5.50. The molecule has 2 atom stereocenters. The van der Waals surface area contributed by atoms with E-state index in [0.717, 1.165) is 5.56 Å². The standard InChI is InChI=1S/C18H21NO3/c1-3-14(15-8-5-4-6-9-15)12-17(20)19-13-18(2,21)16-10-7-11-22-16/h3-11,14,21H,1,12-13H2,2H3,(H,19,20). The van der Waals surface area contributed by atoms with Gasteiger partial charge in [-0.2, -0.15) is 0 Å². The Kier molecular flexibility index (Phi) is 5.17. The highest BCUT2D eigenvalue weighted by atomic mass is 16.4. The Labute approximate surface area is 130 Å². The summed E-state index contributed by atoms with van der Waals surface area (Å²) >= 11 is 0. The molecule has 1 amide bonds.